The van der Waals surface area contributed by atoms with Crippen molar-refractivity contribution in [2.45, 2.75) is 25.3 Å². The summed E-state index contributed by atoms with van der Waals surface area (Å²) >= 11 is 0. The van der Waals surface area contributed by atoms with Gasteiger partial charge in [-0.1, -0.05) is 13.8 Å². The number of rotatable bonds is 6. The lowest BCUT2D eigenvalue weighted by Gasteiger charge is -2.12. The van der Waals surface area contributed by atoms with E-state index < -0.39 is 15.9 Å². The monoisotopic (exact) mass is 362 g/mol. The van der Waals surface area contributed by atoms with Crippen molar-refractivity contribution in [2.75, 3.05) is 7.11 Å². The van der Waals surface area contributed by atoms with Crippen molar-refractivity contribution >= 4 is 15.9 Å². The summed E-state index contributed by atoms with van der Waals surface area (Å²) < 4.78 is 33.5. The van der Waals surface area contributed by atoms with Crippen LogP contribution in [0.1, 0.15) is 29.9 Å². The van der Waals surface area contributed by atoms with Gasteiger partial charge < -0.3 is 4.74 Å². The van der Waals surface area contributed by atoms with Crippen LogP contribution in [0.15, 0.2) is 35.4 Å². The zero-order chi connectivity index (χ0) is 18.6. The summed E-state index contributed by atoms with van der Waals surface area (Å²) in [6.07, 6.45) is 1.44. The number of nitrogens with zero attached hydrogens (tertiary/aromatic N) is 3. The maximum Gasteiger partial charge on any atom is 0.283 e. The summed E-state index contributed by atoms with van der Waals surface area (Å²) in [5.74, 6) is -0.568. The Labute approximate surface area is 146 Å². The third kappa shape index (κ3) is 4.16. The smallest absolute Gasteiger partial charge is 0.283 e. The number of ether oxygens (including phenoxy) is 1. The number of sulfonamides is 1. The molecular weight excluding hydrogens is 344 g/mol. The lowest BCUT2D eigenvalue weighted by Crippen LogP contribution is -2.32. The molecule has 8 nitrogen and oxygen atoms in total. The molecule has 1 amide bonds. The summed E-state index contributed by atoms with van der Waals surface area (Å²) in [7, 11) is -2.89. The maximum atomic E-state index is 12.5. The van der Waals surface area contributed by atoms with Crippen molar-refractivity contribution in [3.63, 3.8) is 0 Å². The van der Waals surface area contributed by atoms with Gasteiger partial charge in [0.15, 0.2) is 0 Å². The minimum absolute atomic E-state index is 0.0185. The molecule has 2 aromatic rings. The van der Waals surface area contributed by atoms with E-state index in [2.05, 4.69) is 5.10 Å². The lowest BCUT2D eigenvalue weighted by atomic mass is 10.2. The Kier molecular flexibility index (Phi) is 5.44. The molecule has 1 aromatic carbocycles. The molecule has 0 aliphatic rings. The summed E-state index contributed by atoms with van der Waals surface area (Å²) in [6.45, 7) is 4.40. The van der Waals surface area contributed by atoms with Crippen LogP contribution in [-0.2, 0) is 16.6 Å². The van der Waals surface area contributed by atoms with Gasteiger partial charge in [0.1, 0.15) is 16.3 Å². The predicted octanol–water partition coefficient (Wildman–Crippen LogP) is 1.54. The Morgan fingerprint density at radius 1 is 1.40 bits per heavy atom. The van der Waals surface area contributed by atoms with Gasteiger partial charge in [-0.3, -0.25) is 9.48 Å². The molecule has 25 heavy (non-hydrogen) atoms. The number of carbonyl (C=O) groups excluding carboxylic acids is 1. The van der Waals surface area contributed by atoms with Gasteiger partial charge in [-0.05, 0) is 30.2 Å². The quantitative estimate of drug-likeness (QED) is 0.834. The third-order valence-electron chi connectivity index (χ3n) is 3.30. The summed E-state index contributed by atoms with van der Waals surface area (Å²) in [5.41, 5.74) is 0.391. The molecule has 0 unspecified atom stereocenters. The number of nitriles is 1. The zero-order valence-corrected chi connectivity index (χ0v) is 14.9. The van der Waals surface area contributed by atoms with Crippen molar-refractivity contribution in [3.8, 4) is 11.8 Å². The van der Waals surface area contributed by atoms with Crippen LogP contribution >= 0.6 is 0 Å². The van der Waals surface area contributed by atoms with E-state index in [1.165, 1.54) is 42.3 Å². The Hall–Kier alpha value is -2.86. The first-order valence-electron chi connectivity index (χ1n) is 7.45. The van der Waals surface area contributed by atoms with Crippen LogP contribution < -0.4 is 9.46 Å². The Morgan fingerprint density at radius 3 is 2.72 bits per heavy atom. The van der Waals surface area contributed by atoms with Crippen LogP contribution in [0.25, 0.3) is 0 Å². The average Bonchev–Trinajstić information content (AvgIpc) is 3.01. The number of methoxy groups -OCH3 is 1. The minimum Gasteiger partial charge on any atom is -0.495 e. The van der Waals surface area contributed by atoms with Gasteiger partial charge in [0.05, 0.1) is 18.7 Å². The molecule has 9 heteroatoms. The first-order chi connectivity index (χ1) is 11.8. The van der Waals surface area contributed by atoms with E-state index in [1.54, 1.807) is 0 Å². The van der Waals surface area contributed by atoms with Crippen molar-refractivity contribution < 1.29 is 17.9 Å². The number of carbonyl (C=O) groups is 1. The molecule has 2 rings (SSSR count). The molecule has 1 heterocycles. The Morgan fingerprint density at radius 2 is 2.12 bits per heavy atom. The van der Waals surface area contributed by atoms with Gasteiger partial charge in [-0.15, -0.1) is 0 Å². The molecule has 0 atom stereocenters. The fourth-order valence-corrected chi connectivity index (χ4v) is 3.32. The largest absolute Gasteiger partial charge is 0.495 e. The lowest BCUT2D eigenvalue weighted by molar-refractivity contribution is 0.0970. The number of hydrogen-bond acceptors (Lipinski definition) is 6. The molecule has 0 fully saturated rings. The van der Waals surface area contributed by atoms with Crippen LogP contribution in [0.2, 0.25) is 0 Å². The zero-order valence-electron chi connectivity index (χ0n) is 14.1. The molecule has 1 aromatic heterocycles. The Balaban J connectivity index is 2.32. The molecule has 0 aliphatic heterocycles. The minimum atomic E-state index is -4.17. The van der Waals surface area contributed by atoms with E-state index in [0.29, 0.717) is 6.54 Å². The first-order valence-corrected chi connectivity index (χ1v) is 8.94. The highest BCUT2D eigenvalue weighted by molar-refractivity contribution is 7.90. The van der Waals surface area contributed by atoms with Crippen LogP contribution in [-0.4, -0.2) is 31.2 Å². The van der Waals surface area contributed by atoms with Crippen LogP contribution in [0.3, 0.4) is 0 Å². The Bertz CT molecular complexity index is 926. The van der Waals surface area contributed by atoms with E-state index in [9.17, 15) is 13.2 Å². The predicted molar refractivity (Wildman–Crippen MR) is 89.4 cm³/mol. The van der Waals surface area contributed by atoms with E-state index in [-0.39, 0.29) is 27.8 Å². The van der Waals surface area contributed by atoms with Crippen molar-refractivity contribution in [3.05, 3.63) is 41.7 Å². The fraction of sp³-hybridized carbons (Fsp3) is 0.312. The molecule has 0 aliphatic carbocycles. The van der Waals surface area contributed by atoms with Crippen molar-refractivity contribution in [1.82, 2.24) is 14.5 Å². The van der Waals surface area contributed by atoms with Gasteiger partial charge in [0.25, 0.3) is 15.9 Å². The number of benzene rings is 1. The molecule has 132 valence electrons. The second kappa shape index (κ2) is 7.36. The van der Waals surface area contributed by atoms with E-state index >= 15 is 0 Å². The van der Waals surface area contributed by atoms with Gasteiger partial charge in [-0.25, -0.2) is 13.1 Å². The van der Waals surface area contributed by atoms with Crippen molar-refractivity contribution in [1.29, 1.82) is 5.26 Å². The molecule has 0 saturated heterocycles. The highest BCUT2D eigenvalue weighted by Crippen LogP contribution is 2.24. The highest BCUT2D eigenvalue weighted by Gasteiger charge is 2.24. The van der Waals surface area contributed by atoms with E-state index in [4.69, 9.17) is 10.00 Å². The number of hydrogen-bond donors (Lipinski definition) is 1. The van der Waals surface area contributed by atoms with Gasteiger partial charge in [0, 0.05) is 12.7 Å². The highest BCUT2D eigenvalue weighted by atomic mass is 32.2. The standard InChI is InChI=1S/C16H18N4O4S/c1-11(2)10-20-13(6-7-18-20)16(21)19-25(22,23)15-5-4-12(9-17)8-14(15)24-3/h4-8,11H,10H2,1-3H3,(H,19,21). The van der Waals surface area contributed by atoms with Gasteiger partial charge in [0.2, 0.25) is 0 Å². The maximum absolute atomic E-state index is 12.5. The summed E-state index contributed by atoms with van der Waals surface area (Å²) in [5, 5.41) is 12.9. The molecule has 0 spiro atoms. The topological polar surface area (TPSA) is 114 Å². The normalized spacial score (nSPS) is 11.2. The van der Waals surface area contributed by atoms with Crippen LogP contribution in [0, 0.1) is 17.2 Å². The SMILES string of the molecule is COc1cc(C#N)ccc1S(=O)(=O)NC(=O)c1ccnn1CC(C)C. The van der Waals surface area contributed by atoms with Crippen LogP contribution in [0.5, 0.6) is 5.75 Å². The number of amides is 1. The number of aromatic nitrogens is 2. The van der Waals surface area contributed by atoms with E-state index in [1.807, 2.05) is 24.6 Å². The second-order valence-corrected chi connectivity index (χ2v) is 7.36. The summed E-state index contributed by atoms with van der Waals surface area (Å²) in [6, 6.07) is 7.20. The average molecular weight is 362 g/mol. The van der Waals surface area contributed by atoms with Gasteiger partial charge in [-0.2, -0.15) is 10.4 Å². The summed E-state index contributed by atoms with van der Waals surface area (Å²) in [4.78, 5) is 12.2. The van der Waals surface area contributed by atoms with Crippen LogP contribution in [0.4, 0.5) is 0 Å². The van der Waals surface area contributed by atoms with Gasteiger partial charge >= 0.3 is 0 Å². The molecular formula is C16H18N4O4S. The number of nitrogens with one attached hydrogen (secondary N) is 1. The molecule has 0 radical (unpaired) electrons. The van der Waals surface area contributed by atoms with Crippen molar-refractivity contribution in [2.24, 2.45) is 5.92 Å². The molecule has 0 saturated carbocycles. The molecule has 0 bridgehead atoms. The molecule has 1 N–H and O–H groups in total. The second-order valence-electron chi connectivity index (χ2n) is 5.70. The third-order valence-corrected chi connectivity index (χ3v) is 4.67. The fourth-order valence-electron chi connectivity index (χ4n) is 2.21. The van der Waals surface area contributed by atoms with E-state index in [0.717, 1.165) is 0 Å². The first kappa shape index (κ1) is 18.5.